The standard InChI is InChI=1S/C28H40ClN3O2/c1-8-32(23-11-9-21(10-12-23)17(2)3)26-15-22(29)14-24(20(26)6)28(34)31(7)16-25-18(4)13-19(5)30-27(25)33/h13-15,17,21,23H,8-12,16H2,1-7H3,(H,30,33)/t21-,23-. The number of carbonyl (C=O) groups is 1. The van der Waals surface area contributed by atoms with Crippen LogP contribution in [0.1, 0.15) is 79.2 Å². The fraction of sp³-hybridized carbons (Fsp3) is 0.571. The number of pyridine rings is 1. The first-order valence-corrected chi connectivity index (χ1v) is 12.9. The van der Waals surface area contributed by atoms with Gasteiger partial charge in [0.2, 0.25) is 0 Å². The summed E-state index contributed by atoms with van der Waals surface area (Å²) in [4.78, 5) is 32.9. The Kier molecular flexibility index (Phi) is 8.51. The summed E-state index contributed by atoms with van der Waals surface area (Å²) < 4.78 is 0. The van der Waals surface area contributed by atoms with E-state index in [9.17, 15) is 9.59 Å². The zero-order valence-electron chi connectivity index (χ0n) is 21.8. The average Bonchev–Trinajstić information content (AvgIpc) is 2.78. The first-order chi connectivity index (χ1) is 16.0. The highest BCUT2D eigenvalue weighted by Crippen LogP contribution is 2.37. The molecule has 0 radical (unpaired) electrons. The molecule has 1 aromatic heterocycles. The molecule has 1 N–H and O–H groups in total. The zero-order valence-corrected chi connectivity index (χ0v) is 22.6. The van der Waals surface area contributed by atoms with E-state index < -0.39 is 0 Å². The average molecular weight is 486 g/mol. The quantitative estimate of drug-likeness (QED) is 0.503. The molecule has 0 atom stereocenters. The molecule has 3 rings (SSSR count). The van der Waals surface area contributed by atoms with Crippen molar-refractivity contribution >= 4 is 23.2 Å². The highest BCUT2D eigenvalue weighted by Gasteiger charge is 2.29. The van der Waals surface area contributed by atoms with Gasteiger partial charge in [-0.1, -0.05) is 25.4 Å². The Hall–Kier alpha value is -2.27. The topological polar surface area (TPSA) is 56.4 Å². The third kappa shape index (κ3) is 5.68. The molecule has 0 spiro atoms. The third-order valence-electron chi connectivity index (χ3n) is 7.59. The lowest BCUT2D eigenvalue weighted by Crippen LogP contribution is -2.39. The smallest absolute Gasteiger partial charge is 0.254 e. The molecule has 1 fully saturated rings. The number of nitrogens with one attached hydrogen (secondary N) is 1. The van der Waals surface area contributed by atoms with Gasteiger partial charge in [0.15, 0.2) is 0 Å². The van der Waals surface area contributed by atoms with Gasteiger partial charge in [0.05, 0.1) is 6.54 Å². The van der Waals surface area contributed by atoms with Crippen molar-refractivity contribution in [3.8, 4) is 0 Å². The largest absolute Gasteiger partial charge is 0.369 e. The first-order valence-electron chi connectivity index (χ1n) is 12.5. The second-order valence-electron chi connectivity index (χ2n) is 10.3. The molecule has 1 saturated carbocycles. The first kappa shape index (κ1) is 26.3. The summed E-state index contributed by atoms with van der Waals surface area (Å²) >= 11 is 6.55. The minimum absolute atomic E-state index is 0.125. The monoisotopic (exact) mass is 485 g/mol. The van der Waals surface area contributed by atoms with Crippen molar-refractivity contribution in [2.45, 2.75) is 79.8 Å². The van der Waals surface area contributed by atoms with Crippen LogP contribution < -0.4 is 10.5 Å². The van der Waals surface area contributed by atoms with Crippen molar-refractivity contribution in [3.63, 3.8) is 0 Å². The van der Waals surface area contributed by atoms with Crippen LogP contribution in [-0.2, 0) is 6.54 Å². The van der Waals surface area contributed by atoms with Gasteiger partial charge in [-0.15, -0.1) is 0 Å². The number of halogens is 1. The van der Waals surface area contributed by atoms with E-state index in [2.05, 4.69) is 30.7 Å². The van der Waals surface area contributed by atoms with Gasteiger partial charge in [-0.2, -0.15) is 0 Å². The van der Waals surface area contributed by atoms with E-state index in [0.717, 1.165) is 40.9 Å². The minimum atomic E-state index is -0.144. The summed E-state index contributed by atoms with van der Waals surface area (Å²) in [5.74, 6) is 1.41. The van der Waals surface area contributed by atoms with Crippen LogP contribution in [0.25, 0.3) is 0 Å². The Morgan fingerprint density at radius 3 is 2.32 bits per heavy atom. The molecule has 0 unspecified atom stereocenters. The fourth-order valence-electron chi connectivity index (χ4n) is 5.48. The van der Waals surface area contributed by atoms with Gasteiger partial charge in [0.25, 0.3) is 11.5 Å². The van der Waals surface area contributed by atoms with Crippen LogP contribution in [0.4, 0.5) is 5.69 Å². The van der Waals surface area contributed by atoms with E-state index in [-0.39, 0.29) is 18.0 Å². The summed E-state index contributed by atoms with van der Waals surface area (Å²) in [6.07, 6.45) is 4.83. The number of anilines is 1. The van der Waals surface area contributed by atoms with E-state index in [4.69, 9.17) is 11.6 Å². The lowest BCUT2D eigenvalue weighted by atomic mass is 9.79. The summed E-state index contributed by atoms with van der Waals surface area (Å²) in [5, 5.41) is 0.566. The summed E-state index contributed by atoms with van der Waals surface area (Å²) in [5.41, 5.74) is 4.76. The van der Waals surface area contributed by atoms with Gasteiger partial charge in [-0.05, 0) is 94.5 Å². The Labute approximate surface area is 209 Å². The van der Waals surface area contributed by atoms with Gasteiger partial charge in [-0.25, -0.2) is 0 Å². The summed E-state index contributed by atoms with van der Waals surface area (Å²) in [7, 11) is 1.74. The van der Waals surface area contributed by atoms with Crippen LogP contribution in [0.5, 0.6) is 0 Å². The maximum absolute atomic E-state index is 13.5. The molecule has 1 amide bonds. The number of amides is 1. The van der Waals surface area contributed by atoms with Gasteiger partial charge in [0.1, 0.15) is 0 Å². The number of aromatic amines is 1. The molecule has 2 aromatic rings. The highest BCUT2D eigenvalue weighted by molar-refractivity contribution is 6.31. The van der Waals surface area contributed by atoms with Crippen LogP contribution in [0.3, 0.4) is 0 Å². The van der Waals surface area contributed by atoms with E-state index in [1.165, 1.54) is 25.7 Å². The number of benzene rings is 1. The van der Waals surface area contributed by atoms with Crippen molar-refractivity contribution in [2.75, 3.05) is 18.5 Å². The molecule has 1 aromatic carbocycles. The number of H-pyrrole nitrogens is 1. The molecule has 0 aliphatic heterocycles. The lowest BCUT2D eigenvalue weighted by molar-refractivity contribution is 0.0783. The maximum Gasteiger partial charge on any atom is 0.254 e. The van der Waals surface area contributed by atoms with Gasteiger partial charge < -0.3 is 14.8 Å². The number of hydrogen-bond acceptors (Lipinski definition) is 3. The molecular weight excluding hydrogens is 446 g/mol. The normalized spacial score (nSPS) is 18.3. The maximum atomic E-state index is 13.5. The SMILES string of the molecule is CCN(c1cc(Cl)cc(C(=O)N(C)Cc2c(C)cc(C)[nH]c2=O)c1C)[C@H]1CC[C@H](C(C)C)CC1. The van der Waals surface area contributed by atoms with E-state index in [1.54, 1.807) is 18.0 Å². The third-order valence-corrected chi connectivity index (χ3v) is 7.80. The molecule has 6 heteroatoms. The van der Waals surface area contributed by atoms with E-state index in [1.807, 2.05) is 32.9 Å². The minimum Gasteiger partial charge on any atom is -0.369 e. The predicted molar refractivity (Wildman–Crippen MR) is 142 cm³/mol. The van der Waals surface area contributed by atoms with Gasteiger partial charge in [0, 0.05) is 47.2 Å². The number of aromatic nitrogens is 1. The second kappa shape index (κ2) is 11.0. The van der Waals surface area contributed by atoms with Crippen LogP contribution >= 0.6 is 11.6 Å². The Morgan fingerprint density at radius 1 is 1.12 bits per heavy atom. The van der Waals surface area contributed by atoms with E-state index in [0.29, 0.717) is 22.2 Å². The second-order valence-corrected chi connectivity index (χ2v) is 10.7. The molecule has 1 heterocycles. The molecule has 0 saturated heterocycles. The van der Waals surface area contributed by atoms with Crippen molar-refractivity contribution in [1.82, 2.24) is 9.88 Å². The van der Waals surface area contributed by atoms with Crippen molar-refractivity contribution in [2.24, 2.45) is 11.8 Å². The fourth-order valence-corrected chi connectivity index (χ4v) is 5.70. The molecule has 5 nitrogen and oxygen atoms in total. The predicted octanol–water partition coefficient (Wildman–Crippen LogP) is 6.27. The Balaban J connectivity index is 1.87. The van der Waals surface area contributed by atoms with Crippen molar-refractivity contribution in [3.05, 3.63) is 61.5 Å². The van der Waals surface area contributed by atoms with Crippen LogP contribution in [0.2, 0.25) is 5.02 Å². The van der Waals surface area contributed by atoms with Crippen LogP contribution in [0, 0.1) is 32.6 Å². The highest BCUT2D eigenvalue weighted by atomic mass is 35.5. The zero-order chi connectivity index (χ0) is 25.2. The van der Waals surface area contributed by atoms with Crippen molar-refractivity contribution < 1.29 is 4.79 Å². The number of nitrogens with zero attached hydrogens (tertiary/aromatic N) is 2. The number of rotatable bonds is 7. The van der Waals surface area contributed by atoms with Crippen LogP contribution in [-0.4, -0.2) is 35.4 Å². The molecular formula is C28H40ClN3O2. The molecule has 1 aliphatic rings. The number of carbonyl (C=O) groups excluding carboxylic acids is 1. The van der Waals surface area contributed by atoms with E-state index >= 15 is 0 Å². The molecule has 186 valence electrons. The summed E-state index contributed by atoms with van der Waals surface area (Å²) in [6, 6.07) is 6.16. The van der Waals surface area contributed by atoms with Crippen LogP contribution in [0.15, 0.2) is 23.0 Å². The molecule has 0 bridgehead atoms. The number of aryl methyl sites for hydroxylation is 2. The Morgan fingerprint density at radius 2 is 1.76 bits per heavy atom. The summed E-state index contributed by atoms with van der Waals surface area (Å²) in [6.45, 7) is 13.7. The Bertz CT molecular complexity index is 1080. The van der Waals surface area contributed by atoms with Gasteiger partial charge in [-0.3, -0.25) is 9.59 Å². The van der Waals surface area contributed by atoms with Gasteiger partial charge >= 0.3 is 0 Å². The van der Waals surface area contributed by atoms with Crippen molar-refractivity contribution in [1.29, 1.82) is 0 Å². The molecule has 1 aliphatic carbocycles. The lowest BCUT2D eigenvalue weighted by Gasteiger charge is -2.40. The molecule has 34 heavy (non-hydrogen) atoms. The number of hydrogen-bond donors (Lipinski definition) is 1.